The third-order valence-electron chi connectivity index (χ3n) is 4.19. The van der Waals surface area contributed by atoms with Crippen LogP contribution >= 0.6 is 22.6 Å². The lowest BCUT2D eigenvalue weighted by molar-refractivity contribution is -0.128. The number of rotatable bonds is 5. The lowest BCUT2D eigenvalue weighted by atomic mass is 10.0. The predicted molar refractivity (Wildman–Crippen MR) is 105 cm³/mol. The molecule has 1 fully saturated rings. The molecule has 1 aliphatic rings. The molecule has 0 saturated carbocycles. The Balaban J connectivity index is 1.94. The lowest BCUT2D eigenvalue weighted by Crippen LogP contribution is -2.25. The summed E-state index contributed by atoms with van der Waals surface area (Å²) in [6, 6.07) is 12.3. The molecular formula is C19H20IN3O2. The topological polar surface area (TPSA) is 62.3 Å². The Morgan fingerprint density at radius 2 is 2.08 bits per heavy atom. The Morgan fingerprint density at radius 3 is 2.72 bits per heavy atom. The summed E-state index contributed by atoms with van der Waals surface area (Å²) in [5.74, 6) is 0.586. The van der Waals surface area contributed by atoms with Gasteiger partial charge in [0.2, 0.25) is 11.8 Å². The number of hydrogen-bond acceptors (Lipinski definition) is 3. The van der Waals surface area contributed by atoms with Crippen LogP contribution in [0.4, 0.5) is 5.82 Å². The fraction of sp³-hybridized carbons (Fsp3) is 0.316. The predicted octanol–water partition coefficient (Wildman–Crippen LogP) is 3.36. The number of carbonyl (C=O) groups is 2. The number of benzene rings is 1. The van der Waals surface area contributed by atoms with Gasteiger partial charge < -0.3 is 10.2 Å². The Labute approximate surface area is 161 Å². The molecule has 0 bridgehead atoms. The number of likely N-dealkylation sites (tertiary alicyclic amines) is 1. The van der Waals surface area contributed by atoms with Gasteiger partial charge in [-0.3, -0.25) is 9.59 Å². The normalized spacial score (nSPS) is 14.0. The minimum absolute atomic E-state index is 0.149. The van der Waals surface area contributed by atoms with Crippen LogP contribution in [0.25, 0.3) is 0 Å². The van der Waals surface area contributed by atoms with Gasteiger partial charge in [-0.15, -0.1) is 0 Å². The van der Waals surface area contributed by atoms with Gasteiger partial charge in [-0.1, -0.05) is 30.3 Å². The van der Waals surface area contributed by atoms with Crippen molar-refractivity contribution in [3.8, 4) is 0 Å². The van der Waals surface area contributed by atoms with Crippen LogP contribution in [0.15, 0.2) is 36.4 Å². The van der Waals surface area contributed by atoms with E-state index in [-0.39, 0.29) is 11.8 Å². The van der Waals surface area contributed by atoms with E-state index >= 15 is 0 Å². The third kappa shape index (κ3) is 4.56. The maximum Gasteiger partial charge on any atom is 0.222 e. The van der Waals surface area contributed by atoms with E-state index in [9.17, 15) is 9.59 Å². The molecule has 0 unspecified atom stereocenters. The summed E-state index contributed by atoms with van der Waals surface area (Å²) in [6.45, 7) is 2.73. The second-order valence-electron chi connectivity index (χ2n) is 6.19. The molecule has 2 aromatic rings. The van der Waals surface area contributed by atoms with Crippen LogP contribution in [0.1, 0.15) is 36.6 Å². The average molecular weight is 449 g/mol. The second kappa shape index (κ2) is 7.95. The van der Waals surface area contributed by atoms with Gasteiger partial charge in [0.15, 0.2) is 0 Å². The molecule has 0 atom stereocenters. The summed E-state index contributed by atoms with van der Waals surface area (Å²) in [5.41, 5.74) is 3.13. The first-order chi connectivity index (χ1) is 12.0. The van der Waals surface area contributed by atoms with Crippen molar-refractivity contribution in [1.29, 1.82) is 0 Å². The molecule has 0 aliphatic carbocycles. The highest BCUT2D eigenvalue weighted by Gasteiger charge is 2.22. The highest BCUT2D eigenvalue weighted by Crippen LogP contribution is 2.24. The van der Waals surface area contributed by atoms with Crippen LogP contribution in [0.2, 0.25) is 0 Å². The molecule has 1 aromatic carbocycles. The van der Waals surface area contributed by atoms with Crippen molar-refractivity contribution in [2.75, 3.05) is 11.9 Å². The van der Waals surface area contributed by atoms with E-state index in [2.05, 4.69) is 51.1 Å². The zero-order chi connectivity index (χ0) is 17.8. The molecule has 1 aliphatic heterocycles. The largest absolute Gasteiger partial charge is 0.337 e. The van der Waals surface area contributed by atoms with Gasteiger partial charge in [-0.25, -0.2) is 4.98 Å². The van der Waals surface area contributed by atoms with Crippen molar-refractivity contribution >= 4 is 40.2 Å². The summed E-state index contributed by atoms with van der Waals surface area (Å²) in [7, 11) is 0. The number of anilines is 1. The number of aromatic nitrogens is 1. The molecule has 1 saturated heterocycles. The van der Waals surface area contributed by atoms with Gasteiger partial charge in [-0.05, 0) is 52.6 Å². The standard InChI is InChI=1S/C19H20IN3O2/c1-13(24)21-19-16(20)11-15(10-14-6-3-2-4-7-14)17(22-19)12-23-9-5-8-18(23)25/h2-4,6-7,11H,5,8-10,12H2,1H3,(H,21,22,24). The maximum atomic E-state index is 12.0. The second-order valence-corrected chi connectivity index (χ2v) is 7.35. The number of carbonyl (C=O) groups excluding carboxylic acids is 2. The Morgan fingerprint density at radius 1 is 1.32 bits per heavy atom. The number of nitrogens with zero attached hydrogens (tertiary/aromatic N) is 2. The molecule has 0 radical (unpaired) electrons. The molecule has 2 amide bonds. The van der Waals surface area contributed by atoms with Crippen molar-refractivity contribution in [2.45, 2.75) is 32.7 Å². The molecule has 1 aromatic heterocycles. The van der Waals surface area contributed by atoms with E-state index in [4.69, 9.17) is 0 Å². The van der Waals surface area contributed by atoms with Crippen LogP contribution in [0.3, 0.4) is 0 Å². The summed E-state index contributed by atoms with van der Waals surface area (Å²) in [4.78, 5) is 30.0. The molecule has 3 rings (SSSR count). The minimum Gasteiger partial charge on any atom is -0.337 e. The smallest absolute Gasteiger partial charge is 0.222 e. The Hall–Kier alpha value is -1.96. The number of halogens is 1. The number of pyridine rings is 1. The minimum atomic E-state index is -0.149. The zero-order valence-electron chi connectivity index (χ0n) is 14.1. The average Bonchev–Trinajstić information content (AvgIpc) is 2.97. The van der Waals surface area contributed by atoms with Crippen molar-refractivity contribution < 1.29 is 9.59 Å². The Kier molecular flexibility index (Phi) is 5.67. The maximum absolute atomic E-state index is 12.0. The summed E-state index contributed by atoms with van der Waals surface area (Å²) >= 11 is 2.19. The SMILES string of the molecule is CC(=O)Nc1nc(CN2CCCC2=O)c(Cc2ccccc2)cc1I. The highest BCUT2D eigenvalue weighted by atomic mass is 127. The molecular weight excluding hydrogens is 429 g/mol. The van der Waals surface area contributed by atoms with E-state index < -0.39 is 0 Å². The van der Waals surface area contributed by atoms with Gasteiger partial charge in [0.05, 0.1) is 15.8 Å². The summed E-state index contributed by atoms with van der Waals surface area (Å²) in [6.07, 6.45) is 2.26. The van der Waals surface area contributed by atoms with E-state index in [0.29, 0.717) is 18.8 Å². The van der Waals surface area contributed by atoms with Crippen LogP contribution in [0.5, 0.6) is 0 Å². The van der Waals surface area contributed by atoms with Crippen LogP contribution in [0, 0.1) is 3.57 Å². The first-order valence-corrected chi connectivity index (χ1v) is 9.38. The van der Waals surface area contributed by atoms with Crippen molar-refractivity contribution in [3.05, 3.63) is 56.8 Å². The van der Waals surface area contributed by atoms with E-state index in [1.807, 2.05) is 23.1 Å². The number of hydrogen-bond donors (Lipinski definition) is 1. The highest BCUT2D eigenvalue weighted by molar-refractivity contribution is 14.1. The van der Waals surface area contributed by atoms with Crippen molar-refractivity contribution in [3.63, 3.8) is 0 Å². The molecule has 2 heterocycles. The third-order valence-corrected chi connectivity index (χ3v) is 5.01. The first kappa shape index (κ1) is 17.8. The zero-order valence-corrected chi connectivity index (χ0v) is 16.2. The first-order valence-electron chi connectivity index (χ1n) is 8.30. The number of amides is 2. The summed E-state index contributed by atoms with van der Waals surface area (Å²) < 4.78 is 0.898. The quantitative estimate of drug-likeness (QED) is 0.713. The Bertz CT molecular complexity index is 793. The molecule has 5 nitrogen and oxygen atoms in total. The van der Waals surface area contributed by atoms with Crippen LogP contribution < -0.4 is 5.32 Å². The van der Waals surface area contributed by atoms with Crippen molar-refractivity contribution in [2.24, 2.45) is 0 Å². The van der Waals surface area contributed by atoms with E-state index in [1.165, 1.54) is 12.5 Å². The van der Waals surface area contributed by atoms with Gasteiger partial charge in [0.1, 0.15) is 5.82 Å². The van der Waals surface area contributed by atoms with Crippen LogP contribution in [-0.4, -0.2) is 28.2 Å². The van der Waals surface area contributed by atoms with Gasteiger partial charge in [0, 0.05) is 19.9 Å². The van der Waals surface area contributed by atoms with Gasteiger partial charge >= 0.3 is 0 Å². The van der Waals surface area contributed by atoms with Crippen molar-refractivity contribution in [1.82, 2.24) is 9.88 Å². The number of nitrogens with one attached hydrogen (secondary N) is 1. The van der Waals surface area contributed by atoms with E-state index in [0.717, 1.165) is 34.2 Å². The molecule has 25 heavy (non-hydrogen) atoms. The molecule has 130 valence electrons. The molecule has 1 N–H and O–H groups in total. The summed E-state index contributed by atoms with van der Waals surface area (Å²) in [5, 5.41) is 2.78. The van der Waals surface area contributed by atoms with Gasteiger partial charge in [0.25, 0.3) is 0 Å². The van der Waals surface area contributed by atoms with Crippen LogP contribution in [-0.2, 0) is 22.6 Å². The lowest BCUT2D eigenvalue weighted by Gasteiger charge is -2.19. The van der Waals surface area contributed by atoms with Gasteiger partial charge in [-0.2, -0.15) is 0 Å². The molecule has 6 heteroatoms. The monoisotopic (exact) mass is 449 g/mol. The van der Waals surface area contributed by atoms with E-state index in [1.54, 1.807) is 0 Å². The fourth-order valence-electron chi connectivity index (χ4n) is 2.98. The molecule has 0 spiro atoms. The fourth-order valence-corrected chi connectivity index (χ4v) is 3.61.